The quantitative estimate of drug-likeness (QED) is 0.269. The van der Waals surface area contributed by atoms with E-state index in [1.165, 1.54) is 11.1 Å². The molecule has 0 bridgehead atoms. The summed E-state index contributed by atoms with van der Waals surface area (Å²) in [7, 11) is 0. The Hall–Kier alpha value is -3.18. The van der Waals surface area contributed by atoms with Crippen molar-refractivity contribution >= 4 is 12.6 Å². The number of hydrogen-bond acceptors (Lipinski definition) is 3. The molecule has 2 aromatic carbocycles. The van der Waals surface area contributed by atoms with Gasteiger partial charge in [0.15, 0.2) is 0 Å². The molecule has 0 unspecified atom stereocenters. The Labute approximate surface area is 180 Å². The Balaban J connectivity index is 0.00000106. The first kappa shape index (κ1) is 24.9. The van der Waals surface area contributed by atoms with Gasteiger partial charge in [-0.1, -0.05) is 68.4 Å². The summed E-state index contributed by atoms with van der Waals surface area (Å²) in [6.45, 7) is 6.65. The van der Waals surface area contributed by atoms with Crippen molar-refractivity contribution in [2.45, 2.75) is 39.5 Å². The minimum absolute atomic E-state index is 0.0323. The van der Waals surface area contributed by atoms with Crippen LogP contribution >= 0.6 is 0 Å². The number of aromatic amines is 1. The van der Waals surface area contributed by atoms with Crippen LogP contribution < -0.4 is 5.73 Å². The lowest BCUT2D eigenvalue weighted by molar-refractivity contribution is 0.288. The van der Waals surface area contributed by atoms with Crippen molar-refractivity contribution in [3.05, 3.63) is 83.2 Å². The second-order valence-corrected chi connectivity index (χ2v) is 6.51. The van der Waals surface area contributed by atoms with Crippen LogP contribution in [0.25, 0.3) is 11.1 Å². The minimum atomic E-state index is 0.0323. The first-order valence-electron chi connectivity index (χ1n) is 10.3. The highest BCUT2D eigenvalue weighted by molar-refractivity contribution is 6.00. The number of H-pyrrole nitrogens is 1. The van der Waals surface area contributed by atoms with Crippen LogP contribution in [0.2, 0.25) is 0 Å². The number of amidine groups is 1. The van der Waals surface area contributed by atoms with Crippen molar-refractivity contribution < 1.29 is 5.11 Å². The van der Waals surface area contributed by atoms with Crippen molar-refractivity contribution in [3.8, 4) is 11.1 Å². The lowest BCUT2D eigenvalue weighted by Crippen LogP contribution is -2.12. The predicted octanol–water partition coefficient (Wildman–Crippen LogP) is 4.97. The molecule has 0 spiro atoms. The average molecular weight is 407 g/mol. The van der Waals surface area contributed by atoms with E-state index in [-0.39, 0.29) is 12.4 Å². The minimum Gasteiger partial charge on any atom is -0.396 e. The van der Waals surface area contributed by atoms with E-state index in [1.807, 2.05) is 26.0 Å². The molecule has 1 aromatic heterocycles. The number of nitrogens with one attached hydrogen (secondary N) is 3. The molecule has 5 nitrogen and oxygen atoms in total. The molecule has 3 rings (SSSR count). The summed E-state index contributed by atoms with van der Waals surface area (Å²) < 4.78 is 0. The number of benzene rings is 2. The third-order valence-corrected chi connectivity index (χ3v) is 4.53. The molecule has 160 valence electrons. The third kappa shape index (κ3) is 7.33. The van der Waals surface area contributed by atoms with Crippen LogP contribution in [0, 0.1) is 10.8 Å². The number of rotatable bonds is 8. The molecular weight excluding hydrogens is 372 g/mol. The lowest BCUT2D eigenvalue weighted by Gasteiger charge is -2.07. The highest BCUT2D eigenvalue weighted by Crippen LogP contribution is 2.26. The number of aliphatic hydroxyl groups excluding tert-OH is 1. The van der Waals surface area contributed by atoms with Gasteiger partial charge >= 0.3 is 0 Å². The summed E-state index contributed by atoms with van der Waals surface area (Å²) >= 11 is 0. The first-order valence-corrected chi connectivity index (χ1v) is 10.3. The molecule has 5 heteroatoms. The third-order valence-electron chi connectivity index (χ3n) is 4.53. The van der Waals surface area contributed by atoms with Crippen LogP contribution in [0.1, 0.15) is 42.8 Å². The predicted molar refractivity (Wildman–Crippen MR) is 128 cm³/mol. The summed E-state index contributed by atoms with van der Waals surface area (Å²) in [5, 5.41) is 22.4. The summed E-state index contributed by atoms with van der Waals surface area (Å²) in [5.74, 6) is 0.0323. The van der Waals surface area contributed by atoms with E-state index in [2.05, 4.69) is 60.2 Å². The van der Waals surface area contributed by atoms with Gasteiger partial charge in [-0.15, -0.1) is 0 Å². The number of aromatic nitrogens is 1. The van der Waals surface area contributed by atoms with Crippen LogP contribution in [-0.2, 0) is 19.3 Å². The lowest BCUT2D eigenvalue weighted by atomic mass is 9.99. The maximum Gasteiger partial charge on any atom is 0.140 e. The number of hydrogen-bond donors (Lipinski definition) is 5. The van der Waals surface area contributed by atoms with Crippen LogP contribution in [-0.4, -0.2) is 29.3 Å². The number of aryl methyl sites for hydroxylation is 3. The van der Waals surface area contributed by atoms with Crippen molar-refractivity contribution in [1.82, 2.24) is 4.98 Å². The summed E-state index contributed by atoms with van der Waals surface area (Å²) in [5.41, 5.74) is 12.0. The van der Waals surface area contributed by atoms with Crippen molar-refractivity contribution in [2.24, 2.45) is 5.73 Å². The molecule has 3 aromatic rings. The van der Waals surface area contributed by atoms with Crippen molar-refractivity contribution in [2.75, 3.05) is 6.61 Å². The van der Waals surface area contributed by atoms with Crippen LogP contribution in [0.4, 0.5) is 0 Å². The molecule has 0 saturated heterocycles. The van der Waals surface area contributed by atoms with E-state index in [9.17, 15) is 0 Å². The molecule has 0 fully saturated rings. The van der Waals surface area contributed by atoms with E-state index in [1.54, 1.807) is 0 Å². The SMILES string of the molecule is C=N.CC.N=C(N)c1[nH]c(CCCO)cc1-c1cccc(CCc2ccccc2)c1. The fourth-order valence-electron chi connectivity index (χ4n) is 3.18. The Morgan fingerprint density at radius 2 is 1.57 bits per heavy atom. The second kappa shape index (κ2) is 13.9. The molecular formula is C25H34N4O. The summed E-state index contributed by atoms with van der Waals surface area (Å²) in [6, 6.07) is 20.9. The summed E-state index contributed by atoms with van der Waals surface area (Å²) in [4.78, 5) is 3.23. The Bertz CT molecular complexity index is 887. The maximum atomic E-state index is 9.04. The van der Waals surface area contributed by atoms with Crippen LogP contribution in [0.15, 0.2) is 60.7 Å². The fourth-order valence-corrected chi connectivity index (χ4v) is 3.18. The van der Waals surface area contributed by atoms with Gasteiger partial charge in [0, 0.05) is 17.9 Å². The molecule has 0 radical (unpaired) electrons. The molecule has 0 aliphatic carbocycles. The van der Waals surface area contributed by atoms with Gasteiger partial charge in [0.2, 0.25) is 0 Å². The Kier molecular flexibility index (Phi) is 11.5. The zero-order chi connectivity index (χ0) is 22.4. The van der Waals surface area contributed by atoms with Gasteiger partial charge in [-0.25, -0.2) is 0 Å². The number of nitrogen functional groups attached to an aromatic ring is 1. The van der Waals surface area contributed by atoms with Gasteiger partial charge in [-0.2, -0.15) is 0 Å². The average Bonchev–Trinajstić information content (AvgIpc) is 3.25. The molecule has 6 N–H and O–H groups in total. The monoisotopic (exact) mass is 406 g/mol. The second-order valence-electron chi connectivity index (χ2n) is 6.51. The standard InChI is InChI=1S/C22H25N3O.C2H6.CH3N/c23-22(24)21-20(15-19(25-21)10-5-13-26)18-9-4-8-17(14-18)12-11-16-6-2-1-3-7-16;2*1-2/h1-4,6-9,14-15,25-26H,5,10-13H2,(H3,23,24);1-2H3;2H,1H2. The highest BCUT2D eigenvalue weighted by atomic mass is 16.2. The van der Waals surface area contributed by atoms with Gasteiger partial charge in [0.05, 0.1) is 5.69 Å². The molecule has 0 saturated carbocycles. The molecule has 0 amide bonds. The smallest absolute Gasteiger partial charge is 0.140 e. The van der Waals surface area contributed by atoms with E-state index < -0.39 is 0 Å². The van der Waals surface area contributed by atoms with Crippen LogP contribution in [0.3, 0.4) is 0 Å². The Morgan fingerprint density at radius 1 is 0.933 bits per heavy atom. The molecule has 0 aliphatic heterocycles. The Morgan fingerprint density at radius 3 is 2.20 bits per heavy atom. The van der Waals surface area contributed by atoms with Crippen molar-refractivity contribution in [3.63, 3.8) is 0 Å². The van der Waals surface area contributed by atoms with E-state index >= 15 is 0 Å². The van der Waals surface area contributed by atoms with E-state index in [0.717, 1.165) is 36.1 Å². The van der Waals surface area contributed by atoms with Gasteiger partial charge in [-0.3, -0.25) is 5.41 Å². The first-order chi connectivity index (χ1) is 14.7. The highest BCUT2D eigenvalue weighted by Gasteiger charge is 2.13. The number of aliphatic hydroxyl groups is 1. The van der Waals surface area contributed by atoms with Gasteiger partial charge in [-0.05, 0) is 55.2 Å². The van der Waals surface area contributed by atoms with Crippen LogP contribution in [0.5, 0.6) is 0 Å². The van der Waals surface area contributed by atoms with Gasteiger partial charge < -0.3 is 21.2 Å². The van der Waals surface area contributed by atoms with E-state index in [4.69, 9.17) is 21.7 Å². The van der Waals surface area contributed by atoms with Gasteiger partial charge in [0.25, 0.3) is 0 Å². The maximum absolute atomic E-state index is 9.04. The molecule has 30 heavy (non-hydrogen) atoms. The fraction of sp³-hybridized carbons (Fsp3) is 0.280. The van der Waals surface area contributed by atoms with Crippen molar-refractivity contribution in [1.29, 1.82) is 10.8 Å². The topological polar surface area (TPSA) is 110 Å². The molecule has 1 heterocycles. The zero-order valence-electron chi connectivity index (χ0n) is 18.0. The number of nitrogens with two attached hydrogens (primary N) is 1. The largest absolute Gasteiger partial charge is 0.396 e. The normalized spacial score (nSPS) is 9.70. The summed E-state index contributed by atoms with van der Waals surface area (Å²) in [6.07, 6.45) is 3.40. The van der Waals surface area contributed by atoms with Gasteiger partial charge in [0.1, 0.15) is 5.84 Å². The molecule has 0 aliphatic rings. The van der Waals surface area contributed by atoms with E-state index in [0.29, 0.717) is 12.1 Å². The zero-order valence-corrected chi connectivity index (χ0v) is 18.0. The molecule has 0 atom stereocenters.